The first kappa shape index (κ1) is 14.8. The molecule has 1 rings (SSSR count). The van der Waals surface area contributed by atoms with Gasteiger partial charge >= 0.3 is 6.18 Å². The van der Waals surface area contributed by atoms with Crippen LogP contribution in [0.2, 0.25) is 0 Å². The molecule has 0 unspecified atom stereocenters. The van der Waals surface area contributed by atoms with E-state index < -0.39 is 12.8 Å². The molecule has 0 aliphatic heterocycles. The largest absolute Gasteiger partial charge is 0.411 e. The van der Waals surface area contributed by atoms with Gasteiger partial charge in [0.25, 0.3) is 0 Å². The van der Waals surface area contributed by atoms with Crippen molar-refractivity contribution in [3.63, 3.8) is 0 Å². The van der Waals surface area contributed by atoms with Gasteiger partial charge in [-0.15, -0.1) is 0 Å². The van der Waals surface area contributed by atoms with Gasteiger partial charge in [0.2, 0.25) is 0 Å². The zero-order chi connectivity index (χ0) is 12.9. The monoisotopic (exact) mass is 253 g/mol. The highest BCUT2D eigenvalue weighted by Crippen LogP contribution is 2.40. The molecule has 102 valence electrons. The number of hydrogen-bond acceptors (Lipinski definition) is 2. The Morgan fingerprint density at radius 1 is 1.29 bits per heavy atom. The maximum atomic E-state index is 11.9. The van der Waals surface area contributed by atoms with Gasteiger partial charge in [-0.3, -0.25) is 0 Å². The molecule has 5 heteroatoms. The fourth-order valence-electron chi connectivity index (χ4n) is 2.41. The van der Waals surface area contributed by atoms with Crippen molar-refractivity contribution < 1.29 is 17.9 Å². The first-order chi connectivity index (χ1) is 7.87. The lowest BCUT2D eigenvalue weighted by Gasteiger charge is -2.38. The molecular weight excluding hydrogens is 231 g/mol. The first-order valence-electron chi connectivity index (χ1n) is 6.21. The Balaban J connectivity index is 2.27. The lowest BCUT2D eigenvalue weighted by molar-refractivity contribution is -0.175. The molecule has 1 saturated carbocycles. The number of rotatable bonds is 5. The van der Waals surface area contributed by atoms with Crippen LogP contribution >= 0.6 is 0 Å². The minimum Gasteiger partial charge on any atom is -0.372 e. The third-order valence-corrected chi connectivity index (χ3v) is 3.81. The summed E-state index contributed by atoms with van der Waals surface area (Å²) in [5.74, 6) is 0.714. The second-order valence-electron chi connectivity index (χ2n) is 5.30. The summed E-state index contributed by atoms with van der Waals surface area (Å²) in [4.78, 5) is 0. The predicted octanol–water partition coefficient (Wildman–Crippen LogP) is 3.11. The van der Waals surface area contributed by atoms with Crippen molar-refractivity contribution in [1.82, 2.24) is 0 Å². The van der Waals surface area contributed by atoms with Crippen LogP contribution in [0, 0.1) is 11.3 Å². The molecule has 0 radical (unpaired) electrons. The van der Waals surface area contributed by atoms with Gasteiger partial charge in [0.1, 0.15) is 6.61 Å². The standard InChI is InChI=1S/C12H22F3NO/c1-10-2-4-11(8-16,5-3-10)6-7-17-9-12(13,14)15/h10H,2-9,16H2,1H3. The normalized spacial score (nSPS) is 30.5. The summed E-state index contributed by atoms with van der Waals surface area (Å²) in [7, 11) is 0. The Bertz CT molecular complexity index is 222. The van der Waals surface area contributed by atoms with E-state index in [2.05, 4.69) is 11.7 Å². The topological polar surface area (TPSA) is 35.2 Å². The summed E-state index contributed by atoms with van der Waals surface area (Å²) in [6, 6.07) is 0. The summed E-state index contributed by atoms with van der Waals surface area (Å²) in [6.45, 7) is 1.77. The lowest BCUT2D eigenvalue weighted by Crippen LogP contribution is -2.36. The summed E-state index contributed by atoms with van der Waals surface area (Å²) < 4.78 is 40.4. The van der Waals surface area contributed by atoms with E-state index in [1.165, 1.54) is 0 Å². The highest BCUT2D eigenvalue weighted by Gasteiger charge is 2.33. The van der Waals surface area contributed by atoms with Gasteiger partial charge in [-0.1, -0.05) is 19.8 Å². The van der Waals surface area contributed by atoms with Crippen LogP contribution in [0.1, 0.15) is 39.0 Å². The Morgan fingerprint density at radius 3 is 2.35 bits per heavy atom. The first-order valence-corrected chi connectivity index (χ1v) is 6.21. The third kappa shape index (κ3) is 5.25. The van der Waals surface area contributed by atoms with Crippen molar-refractivity contribution >= 4 is 0 Å². The van der Waals surface area contributed by atoms with Crippen molar-refractivity contribution in [3.05, 3.63) is 0 Å². The molecule has 0 aromatic heterocycles. The van der Waals surface area contributed by atoms with Crippen LogP contribution in [0.4, 0.5) is 13.2 Å². The number of alkyl halides is 3. The summed E-state index contributed by atoms with van der Waals surface area (Å²) >= 11 is 0. The molecule has 2 N–H and O–H groups in total. The van der Waals surface area contributed by atoms with Gasteiger partial charge in [-0.05, 0) is 37.1 Å². The van der Waals surface area contributed by atoms with Crippen LogP contribution in [0.15, 0.2) is 0 Å². The van der Waals surface area contributed by atoms with E-state index in [0.717, 1.165) is 25.7 Å². The predicted molar refractivity (Wildman–Crippen MR) is 60.6 cm³/mol. The van der Waals surface area contributed by atoms with Crippen LogP contribution in [-0.4, -0.2) is 25.9 Å². The molecular formula is C12H22F3NO. The van der Waals surface area contributed by atoms with Gasteiger partial charge in [-0.2, -0.15) is 13.2 Å². The van der Waals surface area contributed by atoms with Gasteiger partial charge in [-0.25, -0.2) is 0 Å². The third-order valence-electron chi connectivity index (χ3n) is 3.81. The lowest BCUT2D eigenvalue weighted by atomic mass is 9.69. The molecule has 0 bridgehead atoms. The molecule has 0 aromatic carbocycles. The van der Waals surface area contributed by atoms with Crippen molar-refractivity contribution in [1.29, 1.82) is 0 Å². The molecule has 0 spiro atoms. The summed E-state index contributed by atoms with van der Waals surface area (Å²) in [5.41, 5.74) is 5.79. The van der Waals surface area contributed by atoms with Crippen molar-refractivity contribution in [2.24, 2.45) is 17.1 Å². The Labute approximate surface area is 101 Å². The van der Waals surface area contributed by atoms with Gasteiger partial charge in [0, 0.05) is 6.61 Å². The van der Waals surface area contributed by atoms with E-state index in [-0.39, 0.29) is 12.0 Å². The van der Waals surface area contributed by atoms with Gasteiger partial charge in [0.05, 0.1) is 0 Å². The number of ether oxygens (including phenoxy) is 1. The second-order valence-corrected chi connectivity index (χ2v) is 5.30. The molecule has 0 saturated heterocycles. The molecule has 17 heavy (non-hydrogen) atoms. The molecule has 0 aromatic rings. The fourth-order valence-corrected chi connectivity index (χ4v) is 2.41. The van der Waals surface area contributed by atoms with Gasteiger partial charge < -0.3 is 10.5 Å². The number of hydrogen-bond donors (Lipinski definition) is 1. The zero-order valence-corrected chi connectivity index (χ0v) is 10.4. The van der Waals surface area contributed by atoms with Crippen molar-refractivity contribution in [3.8, 4) is 0 Å². The highest BCUT2D eigenvalue weighted by molar-refractivity contribution is 4.85. The van der Waals surface area contributed by atoms with E-state index in [1.54, 1.807) is 0 Å². The average molecular weight is 253 g/mol. The molecule has 0 atom stereocenters. The molecule has 0 amide bonds. The average Bonchev–Trinajstić information content (AvgIpc) is 2.26. The SMILES string of the molecule is CC1CCC(CN)(CCOCC(F)(F)F)CC1. The van der Waals surface area contributed by atoms with Crippen molar-refractivity contribution in [2.45, 2.75) is 45.2 Å². The van der Waals surface area contributed by atoms with Crippen LogP contribution in [-0.2, 0) is 4.74 Å². The molecule has 0 heterocycles. The van der Waals surface area contributed by atoms with Gasteiger partial charge in [0.15, 0.2) is 0 Å². The number of nitrogens with two attached hydrogens (primary N) is 1. The maximum absolute atomic E-state index is 11.9. The Kier molecular flexibility index (Phi) is 5.25. The number of halogens is 3. The minimum absolute atomic E-state index is 0.0120. The van der Waals surface area contributed by atoms with Crippen LogP contribution in [0.25, 0.3) is 0 Å². The summed E-state index contributed by atoms with van der Waals surface area (Å²) in [5, 5.41) is 0. The quantitative estimate of drug-likeness (QED) is 0.764. The van der Waals surface area contributed by atoms with Crippen LogP contribution in [0.3, 0.4) is 0 Å². The molecule has 1 aliphatic carbocycles. The van der Waals surface area contributed by atoms with Crippen LogP contribution < -0.4 is 5.73 Å². The highest BCUT2D eigenvalue weighted by atomic mass is 19.4. The smallest absolute Gasteiger partial charge is 0.372 e. The van der Waals surface area contributed by atoms with E-state index in [0.29, 0.717) is 18.9 Å². The second kappa shape index (κ2) is 6.05. The van der Waals surface area contributed by atoms with Crippen molar-refractivity contribution in [2.75, 3.05) is 19.8 Å². The molecule has 2 nitrogen and oxygen atoms in total. The fraction of sp³-hybridized carbons (Fsp3) is 1.00. The summed E-state index contributed by atoms with van der Waals surface area (Å²) in [6.07, 6.45) is 0.691. The van der Waals surface area contributed by atoms with E-state index in [1.807, 2.05) is 0 Å². The maximum Gasteiger partial charge on any atom is 0.411 e. The Hall–Kier alpha value is -0.290. The minimum atomic E-state index is -4.23. The van der Waals surface area contributed by atoms with E-state index >= 15 is 0 Å². The van der Waals surface area contributed by atoms with E-state index in [4.69, 9.17) is 5.73 Å². The van der Waals surface area contributed by atoms with Crippen LogP contribution in [0.5, 0.6) is 0 Å². The zero-order valence-electron chi connectivity index (χ0n) is 10.4. The molecule has 1 fully saturated rings. The Morgan fingerprint density at radius 2 is 1.88 bits per heavy atom. The van der Waals surface area contributed by atoms with E-state index in [9.17, 15) is 13.2 Å². The molecule has 1 aliphatic rings.